The fourth-order valence-corrected chi connectivity index (χ4v) is 4.81. The molecule has 2 aromatic rings. The minimum Gasteiger partial charge on any atom is -0.495 e. The maximum absolute atomic E-state index is 12.9. The Morgan fingerprint density at radius 2 is 2.03 bits per heavy atom. The quantitative estimate of drug-likeness (QED) is 0.443. The van der Waals surface area contributed by atoms with Gasteiger partial charge in [0.15, 0.2) is 0 Å². The van der Waals surface area contributed by atoms with Crippen molar-refractivity contribution in [2.75, 3.05) is 12.4 Å². The number of nitrogens with zero attached hydrogens (tertiary/aromatic N) is 2. The summed E-state index contributed by atoms with van der Waals surface area (Å²) >= 11 is 0. The van der Waals surface area contributed by atoms with Crippen LogP contribution in [0.5, 0.6) is 5.75 Å². The predicted octanol–water partition coefficient (Wildman–Crippen LogP) is 3.51. The van der Waals surface area contributed by atoms with Gasteiger partial charge in [-0.15, -0.1) is 0 Å². The van der Waals surface area contributed by atoms with E-state index in [9.17, 15) is 18.5 Å². The van der Waals surface area contributed by atoms with E-state index in [4.69, 9.17) is 4.74 Å². The van der Waals surface area contributed by atoms with Gasteiger partial charge in [-0.3, -0.25) is 4.79 Å². The van der Waals surface area contributed by atoms with E-state index in [1.54, 1.807) is 6.08 Å². The molecule has 2 N–H and O–H groups in total. The Balaban J connectivity index is 1.89. The van der Waals surface area contributed by atoms with Crippen LogP contribution < -0.4 is 14.8 Å². The van der Waals surface area contributed by atoms with Crippen LogP contribution in [0.4, 0.5) is 5.69 Å². The van der Waals surface area contributed by atoms with Crippen molar-refractivity contribution < 1.29 is 17.9 Å². The summed E-state index contributed by atoms with van der Waals surface area (Å²) in [5, 5.41) is 12.2. The number of sulfonamides is 1. The SMILES string of the molecule is CCCn1c(C)cc(/C=C(\C#N)C(=O)Nc2cc(S(=O)(=O)NC3CC3)ccc2OC)c1C. The van der Waals surface area contributed by atoms with Gasteiger partial charge in [-0.05, 0) is 69.0 Å². The lowest BCUT2D eigenvalue weighted by atomic mass is 10.1. The largest absolute Gasteiger partial charge is 0.495 e. The summed E-state index contributed by atoms with van der Waals surface area (Å²) in [6.45, 7) is 6.88. The van der Waals surface area contributed by atoms with E-state index in [1.807, 2.05) is 26.0 Å². The topological polar surface area (TPSA) is 113 Å². The number of hydrogen-bond donors (Lipinski definition) is 2. The number of nitrogens with one attached hydrogen (secondary N) is 2. The van der Waals surface area contributed by atoms with Crippen LogP contribution in [0.15, 0.2) is 34.7 Å². The Hall–Kier alpha value is -3.09. The van der Waals surface area contributed by atoms with Gasteiger partial charge in [0.1, 0.15) is 17.4 Å². The molecule has 1 aromatic carbocycles. The van der Waals surface area contributed by atoms with Gasteiger partial charge in [0, 0.05) is 24.0 Å². The van der Waals surface area contributed by atoms with Crippen LogP contribution >= 0.6 is 0 Å². The molecule has 1 aromatic heterocycles. The molecular formula is C23H28N4O4S. The van der Waals surface area contributed by atoms with Crippen molar-refractivity contribution in [3.05, 3.63) is 46.8 Å². The number of methoxy groups -OCH3 is 1. The zero-order valence-corrected chi connectivity index (χ0v) is 19.5. The first-order valence-electron chi connectivity index (χ1n) is 10.5. The van der Waals surface area contributed by atoms with E-state index < -0.39 is 15.9 Å². The third kappa shape index (κ3) is 5.21. The summed E-state index contributed by atoms with van der Waals surface area (Å²) in [4.78, 5) is 12.9. The molecule has 8 nitrogen and oxygen atoms in total. The van der Waals surface area contributed by atoms with E-state index in [0.29, 0.717) is 5.75 Å². The summed E-state index contributed by atoms with van der Waals surface area (Å²) in [6.07, 6.45) is 4.15. The van der Waals surface area contributed by atoms with E-state index in [2.05, 4.69) is 21.5 Å². The van der Waals surface area contributed by atoms with Gasteiger partial charge < -0.3 is 14.6 Å². The third-order valence-electron chi connectivity index (χ3n) is 5.35. The van der Waals surface area contributed by atoms with Gasteiger partial charge >= 0.3 is 0 Å². The highest BCUT2D eigenvalue weighted by molar-refractivity contribution is 7.89. The number of carbonyl (C=O) groups is 1. The highest BCUT2D eigenvalue weighted by Gasteiger charge is 2.28. The molecule has 0 saturated heterocycles. The number of ether oxygens (including phenoxy) is 1. The number of rotatable bonds is 9. The second kappa shape index (κ2) is 9.59. The Labute approximate surface area is 188 Å². The highest BCUT2D eigenvalue weighted by atomic mass is 32.2. The Morgan fingerprint density at radius 1 is 1.31 bits per heavy atom. The van der Waals surface area contributed by atoms with Crippen LogP contribution in [0, 0.1) is 25.2 Å². The maximum atomic E-state index is 12.9. The minimum atomic E-state index is -3.71. The summed E-state index contributed by atoms with van der Waals surface area (Å²) < 4.78 is 35.1. The van der Waals surface area contributed by atoms with Crippen LogP contribution in [-0.2, 0) is 21.4 Å². The van der Waals surface area contributed by atoms with Crippen molar-refractivity contribution in [1.29, 1.82) is 5.26 Å². The molecule has 0 bridgehead atoms. The second-order valence-corrected chi connectivity index (χ2v) is 9.57. The van der Waals surface area contributed by atoms with E-state index in [-0.39, 0.29) is 22.2 Å². The highest BCUT2D eigenvalue weighted by Crippen LogP contribution is 2.30. The van der Waals surface area contributed by atoms with E-state index >= 15 is 0 Å². The molecule has 1 amide bonds. The number of amides is 1. The van der Waals surface area contributed by atoms with Crippen molar-refractivity contribution in [2.45, 2.75) is 57.5 Å². The Kier molecular flexibility index (Phi) is 7.06. The van der Waals surface area contributed by atoms with Crippen LogP contribution in [0.2, 0.25) is 0 Å². The van der Waals surface area contributed by atoms with Crippen molar-refractivity contribution in [2.24, 2.45) is 0 Å². The molecule has 3 rings (SSSR count). The maximum Gasteiger partial charge on any atom is 0.266 e. The lowest BCUT2D eigenvalue weighted by Gasteiger charge is -2.13. The molecule has 9 heteroatoms. The number of anilines is 1. The first kappa shape index (κ1) is 23.6. The summed E-state index contributed by atoms with van der Waals surface area (Å²) in [5.74, 6) is -0.349. The van der Waals surface area contributed by atoms with Crippen LogP contribution in [0.3, 0.4) is 0 Å². The van der Waals surface area contributed by atoms with Crippen molar-refractivity contribution in [3.8, 4) is 11.8 Å². The molecule has 0 spiro atoms. The van der Waals surface area contributed by atoms with Crippen LogP contribution in [-0.4, -0.2) is 32.0 Å². The summed E-state index contributed by atoms with van der Waals surface area (Å²) in [5.41, 5.74) is 2.90. The molecule has 1 saturated carbocycles. The molecule has 0 aliphatic heterocycles. The Bertz CT molecular complexity index is 1200. The number of nitriles is 1. The molecule has 0 radical (unpaired) electrons. The van der Waals surface area contributed by atoms with Gasteiger partial charge in [0.2, 0.25) is 10.0 Å². The molecule has 1 aliphatic carbocycles. The average molecular weight is 457 g/mol. The standard InChI is InChI=1S/C23H28N4O4S/c1-5-10-27-15(2)11-17(16(27)3)12-18(14-24)23(28)25-21-13-20(8-9-22(21)31-4)32(29,30)26-19-6-7-19/h8-9,11-13,19,26H,5-7,10H2,1-4H3,(H,25,28)/b18-12+. The van der Waals surface area contributed by atoms with E-state index in [0.717, 1.165) is 42.8 Å². The molecule has 1 heterocycles. The first-order valence-corrected chi connectivity index (χ1v) is 12.0. The summed E-state index contributed by atoms with van der Waals surface area (Å²) in [7, 11) is -2.29. The smallest absolute Gasteiger partial charge is 0.266 e. The number of aromatic nitrogens is 1. The molecule has 1 aliphatic rings. The summed E-state index contributed by atoms with van der Waals surface area (Å²) in [6, 6.07) is 8.07. The predicted molar refractivity (Wildman–Crippen MR) is 123 cm³/mol. The fourth-order valence-electron chi connectivity index (χ4n) is 3.48. The number of hydrogen-bond acceptors (Lipinski definition) is 5. The number of aryl methyl sites for hydroxylation is 1. The first-order chi connectivity index (χ1) is 15.2. The number of benzene rings is 1. The zero-order chi connectivity index (χ0) is 23.5. The lowest BCUT2D eigenvalue weighted by molar-refractivity contribution is -0.112. The molecule has 170 valence electrons. The van der Waals surface area contributed by atoms with E-state index in [1.165, 1.54) is 25.3 Å². The van der Waals surface area contributed by atoms with Gasteiger partial charge in [0.05, 0.1) is 17.7 Å². The number of carbonyl (C=O) groups excluding carboxylic acids is 1. The van der Waals surface area contributed by atoms with Gasteiger partial charge in [-0.1, -0.05) is 6.92 Å². The Morgan fingerprint density at radius 3 is 2.62 bits per heavy atom. The van der Waals surface area contributed by atoms with Crippen LogP contribution in [0.1, 0.15) is 43.1 Å². The van der Waals surface area contributed by atoms with Crippen molar-refractivity contribution in [3.63, 3.8) is 0 Å². The van der Waals surface area contributed by atoms with Gasteiger partial charge in [0.25, 0.3) is 5.91 Å². The average Bonchev–Trinajstić information content (AvgIpc) is 3.52. The normalized spacial score (nSPS) is 14.2. The van der Waals surface area contributed by atoms with Crippen molar-refractivity contribution >= 4 is 27.7 Å². The second-order valence-electron chi connectivity index (χ2n) is 7.86. The molecule has 0 atom stereocenters. The third-order valence-corrected chi connectivity index (χ3v) is 6.87. The van der Waals surface area contributed by atoms with Crippen molar-refractivity contribution in [1.82, 2.24) is 9.29 Å². The fraction of sp³-hybridized carbons (Fsp3) is 0.391. The molecule has 0 unspecified atom stereocenters. The monoisotopic (exact) mass is 456 g/mol. The zero-order valence-electron chi connectivity index (χ0n) is 18.7. The van der Waals surface area contributed by atoms with Gasteiger partial charge in [-0.25, -0.2) is 13.1 Å². The minimum absolute atomic E-state index is 0.0195. The van der Waals surface area contributed by atoms with Crippen LogP contribution in [0.25, 0.3) is 6.08 Å². The van der Waals surface area contributed by atoms with Gasteiger partial charge in [-0.2, -0.15) is 5.26 Å². The lowest BCUT2D eigenvalue weighted by Crippen LogP contribution is -2.26. The molecule has 1 fully saturated rings. The molecular weight excluding hydrogens is 428 g/mol. The molecule has 32 heavy (non-hydrogen) atoms.